The van der Waals surface area contributed by atoms with E-state index in [0.717, 1.165) is 12.1 Å². The zero-order valence-corrected chi connectivity index (χ0v) is 15.6. The van der Waals surface area contributed by atoms with Gasteiger partial charge in [-0.2, -0.15) is 0 Å². The van der Waals surface area contributed by atoms with Gasteiger partial charge in [0.15, 0.2) is 0 Å². The number of primary amides is 1. The molecule has 0 aliphatic carbocycles. The van der Waals surface area contributed by atoms with Gasteiger partial charge < -0.3 is 15.6 Å². The monoisotopic (exact) mass is 459 g/mol. The zero-order valence-electron chi connectivity index (χ0n) is 12.4. The van der Waals surface area contributed by atoms with Crippen LogP contribution in [0, 0.1) is 5.41 Å². The maximum Gasteiger partial charge on any atom is 0.573 e. The lowest BCUT2D eigenvalue weighted by Gasteiger charge is -2.22. The molecule has 0 saturated carbocycles. The highest BCUT2D eigenvalue weighted by Crippen LogP contribution is 2.40. The highest BCUT2D eigenvalue weighted by atomic mass is 79.9. The molecule has 0 atom stereocenters. The number of ether oxygens (including phenoxy) is 1. The Labute approximate surface area is 147 Å². The molecule has 0 aromatic heterocycles. The van der Waals surface area contributed by atoms with Gasteiger partial charge in [0.25, 0.3) is 5.91 Å². The van der Waals surface area contributed by atoms with Crippen molar-refractivity contribution in [3.8, 4) is 5.75 Å². The van der Waals surface area contributed by atoms with Crippen LogP contribution >= 0.6 is 31.9 Å². The second kappa shape index (κ2) is 6.72. The van der Waals surface area contributed by atoms with Gasteiger partial charge in [0.05, 0.1) is 5.57 Å². The van der Waals surface area contributed by atoms with E-state index >= 15 is 0 Å². The van der Waals surface area contributed by atoms with Gasteiger partial charge in [-0.1, -0.05) is 20.8 Å². The predicted molar refractivity (Wildman–Crippen MR) is 86.7 cm³/mol. The summed E-state index contributed by atoms with van der Waals surface area (Å²) in [6, 6.07) is 2.07. The number of carbonyl (C=O) groups excluding carboxylic acids is 1. The minimum atomic E-state index is -4.85. The lowest BCUT2D eigenvalue weighted by molar-refractivity contribution is -0.274. The van der Waals surface area contributed by atoms with Gasteiger partial charge >= 0.3 is 6.36 Å². The molecule has 1 aromatic rings. The maximum atomic E-state index is 12.3. The van der Waals surface area contributed by atoms with E-state index in [4.69, 9.17) is 5.73 Å². The standard InChI is InChI=1S/C14H14Br2F3NO3/c1-13(2,3)11(21)10(12(20)22)9-7(15)4-6(5-8(9)16)23-14(17,18)19/h4-5,21H,1-3H3,(H2,20,22)/b11-10+. The van der Waals surface area contributed by atoms with Gasteiger partial charge in [-0.3, -0.25) is 4.79 Å². The van der Waals surface area contributed by atoms with Crippen molar-refractivity contribution in [3.63, 3.8) is 0 Å². The third-order valence-corrected chi connectivity index (χ3v) is 3.94. The van der Waals surface area contributed by atoms with Crippen LogP contribution in [-0.2, 0) is 4.79 Å². The predicted octanol–water partition coefficient (Wildman–Crippen LogP) is 4.91. The zero-order chi connectivity index (χ0) is 18.2. The molecule has 1 amide bonds. The van der Waals surface area contributed by atoms with Crippen LogP contribution in [0.1, 0.15) is 26.3 Å². The molecule has 128 valence electrons. The first kappa shape index (κ1) is 19.8. The molecular formula is C14H14Br2F3NO3. The van der Waals surface area contributed by atoms with Crippen molar-refractivity contribution < 1.29 is 27.8 Å². The number of allylic oxidation sites excluding steroid dienone is 1. The average Bonchev–Trinajstić information content (AvgIpc) is 2.28. The highest BCUT2D eigenvalue weighted by Gasteiger charge is 2.32. The number of alkyl halides is 3. The number of benzene rings is 1. The second-order valence-corrected chi connectivity index (χ2v) is 7.36. The van der Waals surface area contributed by atoms with Crippen LogP contribution in [0.2, 0.25) is 0 Å². The molecule has 0 spiro atoms. The van der Waals surface area contributed by atoms with E-state index in [0.29, 0.717) is 0 Å². The highest BCUT2D eigenvalue weighted by molar-refractivity contribution is 9.11. The van der Waals surface area contributed by atoms with E-state index in [-0.39, 0.29) is 25.8 Å². The molecule has 0 radical (unpaired) electrons. The molecule has 0 unspecified atom stereocenters. The fourth-order valence-corrected chi connectivity index (χ4v) is 3.26. The number of carbonyl (C=O) groups is 1. The van der Waals surface area contributed by atoms with Crippen LogP contribution in [0.25, 0.3) is 5.57 Å². The molecule has 4 nitrogen and oxygen atoms in total. The molecule has 0 aliphatic rings. The normalized spacial score (nSPS) is 13.6. The summed E-state index contributed by atoms with van der Waals surface area (Å²) >= 11 is 6.16. The van der Waals surface area contributed by atoms with Crippen LogP contribution in [-0.4, -0.2) is 17.4 Å². The first-order valence-corrected chi connectivity index (χ1v) is 7.81. The number of hydrogen-bond acceptors (Lipinski definition) is 3. The van der Waals surface area contributed by atoms with E-state index in [1.807, 2.05) is 0 Å². The van der Waals surface area contributed by atoms with E-state index in [9.17, 15) is 23.1 Å². The Hall–Kier alpha value is -1.22. The summed E-state index contributed by atoms with van der Waals surface area (Å²) in [4.78, 5) is 11.8. The van der Waals surface area contributed by atoms with Crippen molar-refractivity contribution in [1.82, 2.24) is 0 Å². The lowest BCUT2D eigenvalue weighted by Crippen LogP contribution is -2.21. The molecule has 1 rings (SSSR count). The minimum absolute atomic E-state index is 0.107. The molecular weight excluding hydrogens is 447 g/mol. The largest absolute Gasteiger partial charge is 0.573 e. The average molecular weight is 461 g/mol. The Morgan fingerprint density at radius 3 is 1.91 bits per heavy atom. The summed E-state index contributed by atoms with van der Waals surface area (Å²) in [5.74, 6) is -1.68. The summed E-state index contributed by atoms with van der Waals surface area (Å²) in [5, 5.41) is 10.3. The van der Waals surface area contributed by atoms with E-state index in [1.165, 1.54) is 0 Å². The molecule has 0 fully saturated rings. The molecule has 0 bridgehead atoms. The van der Waals surface area contributed by atoms with E-state index in [1.54, 1.807) is 20.8 Å². The molecule has 0 aliphatic heterocycles. The van der Waals surface area contributed by atoms with Crippen LogP contribution in [0.4, 0.5) is 13.2 Å². The quantitative estimate of drug-likeness (QED) is 0.497. The maximum absolute atomic E-state index is 12.3. The Balaban J connectivity index is 3.56. The summed E-state index contributed by atoms with van der Waals surface area (Å²) in [5.41, 5.74) is 4.49. The lowest BCUT2D eigenvalue weighted by atomic mass is 9.88. The van der Waals surface area contributed by atoms with Crippen molar-refractivity contribution in [3.05, 3.63) is 32.4 Å². The van der Waals surface area contributed by atoms with Crippen LogP contribution in [0.15, 0.2) is 26.8 Å². The summed E-state index contributed by atoms with van der Waals surface area (Å²) in [7, 11) is 0. The Morgan fingerprint density at radius 1 is 1.17 bits per heavy atom. The number of amides is 1. The third kappa shape index (κ3) is 5.13. The SMILES string of the molecule is CC(C)(C)/C(O)=C(\C(N)=O)c1c(Br)cc(OC(F)(F)F)cc1Br. The van der Waals surface area contributed by atoms with Gasteiger partial charge in [-0.15, -0.1) is 13.2 Å². The van der Waals surface area contributed by atoms with Crippen molar-refractivity contribution in [2.24, 2.45) is 11.1 Å². The van der Waals surface area contributed by atoms with Gasteiger partial charge in [0.2, 0.25) is 0 Å². The molecule has 0 saturated heterocycles. The molecule has 3 N–H and O–H groups in total. The summed E-state index contributed by atoms with van der Waals surface area (Å²) < 4.78 is 40.9. The Kier molecular flexibility index (Phi) is 5.79. The van der Waals surface area contributed by atoms with Gasteiger partial charge in [-0.05, 0) is 44.0 Å². The smallest absolute Gasteiger partial charge is 0.511 e. The van der Waals surface area contributed by atoms with Crippen molar-refractivity contribution in [2.45, 2.75) is 27.1 Å². The van der Waals surface area contributed by atoms with Gasteiger partial charge in [0.1, 0.15) is 11.5 Å². The molecule has 1 aromatic carbocycles. The number of rotatable bonds is 3. The van der Waals surface area contributed by atoms with Gasteiger partial charge in [0, 0.05) is 19.9 Å². The number of hydrogen-bond donors (Lipinski definition) is 2. The van der Waals surface area contributed by atoms with Crippen molar-refractivity contribution in [1.29, 1.82) is 0 Å². The topological polar surface area (TPSA) is 72.5 Å². The number of halogens is 5. The first-order chi connectivity index (χ1) is 10.2. The number of aliphatic hydroxyl groups excluding tert-OH is 1. The minimum Gasteiger partial charge on any atom is -0.511 e. The first-order valence-electron chi connectivity index (χ1n) is 6.22. The summed E-state index contributed by atoms with van der Waals surface area (Å²) in [6.07, 6.45) is -4.85. The van der Waals surface area contributed by atoms with Crippen molar-refractivity contribution in [2.75, 3.05) is 0 Å². The Bertz CT molecular complexity index is 641. The molecule has 9 heteroatoms. The van der Waals surface area contributed by atoms with E-state index < -0.39 is 23.4 Å². The second-order valence-electron chi connectivity index (χ2n) is 5.65. The van der Waals surface area contributed by atoms with E-state index in [2.05, 4.69) is 36.6 Å². The van der Waals surface area contributed by atoms with Crippen LogP contribution in [0.3, 0.4) is 0 Å². The van der Waals surface area contributed by atoms with Crippen LogP contribution in [0.5, 0.6) is 5.75 Å². The fourth-order valence-electron chi connectivity index (χ4n) is 1.71. The third-order valence-electron chi connectivity index (χ3n) is 2.69. The fraction of sp³-hybridized carbons (Fsp3) is 0.357. The molecule has 23 heavy (non-hydrogen) atoms. The number of aliphatic hydroxyl groups is 1. The van der Waals surface area contributed by atoms with Crippen molar-refractivity contribution >= 4 is 43.3 Å². The Morgan fingerprint density at radius 2 is 1.61 bits per heavy atom. The summed E-state index contributed by atoms with van der Waals surface area (Å²) in [6.45, 7) is 4.98. The van der Waals surface area contributed by atoms with Crippen LogP contribution < -0.4 is 10.5 Å². The van der Waals surface area contributed by atoms with Gasteiger partial charge in [-0.25, -0.2) is 0 Å². The molecule has 0 heterocycles. The number of nitrogens with two attached hydrogens (primary N) is 1.